The van der Waals surface area contributed by atoms with Gasteiger partial charge in [-0.2, -0.15) is 0 Å². The molecule has 0 saturated heterocycles. The van der Waals surface area contributed by atoms with Crippen LogP contribution in [0.2, 0.25) is 0 Å². The van der Waals surface area contributed by atoms with E-state index in [1.54, 1.807) is 6.92 Å². The molecule has 0 heterocycles. The summed E-state index contributed by atoms with van der Waals surface area (Å²) in [7, 11) is 0. The molecule has 0 bridgehead atoms. The smallest absolute Gasteiger partial charge is 0.114 e. The highest BCUT2D eigenvalue weighted by molar-refractivity contribution is 5.20. The molecule has 0 radical (unpaired) electrons. The maximum Gasteiger partial charge on any atom is 0.114 e. The summed E-state index contributed by atoms with van der Waals surface area (Å²) < 4.78 is 0. The maximum absolute atomic E-state index is 8.65. The van der Waals surface area contributed by atoms with Crippen molar-refractivity contribution in [2.45, 2.75) is 13.8 Å². The number of hydrogen-bond donors (Lipinski definition) is 2. The lowest BCUT2D eigenvalue weighted by molar-refractivity contribution is 0.383. The molecule has 0 fully saturated rings. The van der Waals surface area contributed by atoms with Gasteiger partial charge >= 0.3 is 0 Å². The van der Waals surface area contributed by atoms with E-state index in [9.17, 15) is 0 Å². The first kappa shape index (κ1) is 7.08. The summed E-state index contributed by atoms with van der Waals surface area (Å²) in [6.45, 7) is 6.31. The Bertz CT molecular complexity index is 129. The van der Waals surface area contributed by atoms with Crippen LogP contribution in [0.1, 0.15) is 13.8 Å². The third kappa shape index (κ3) is 1.69. The van der Waals surface area contributed by atoms with Crippen molar-refractivity contribution >= 4 is 0 Å². The van der Waals surface area contributed by atoms with Crippen LogP contribution in [-0.2, 0) is 0 Å². The molecule has 2 N–H and O–H groups in total. The molecule has 2 nitrogen and oxygen atoms in total. The van der Waals surface area contributed by atoms with Crippen molar-refractivity contribution in [1.82, 2.24) is 0 Å². The van der Waals surface area contributed by atoms with Crippen LogP contribution in [0.3, 0.4) is 0 Å². The predicted molar refractivity (Wildman–Crippen MR) is 32.8 cm³/mol. The second kappa shape index (κ2) is 2.40. The molecule has 46 valence electrons. The SMILES string of the molecule is C=C(O)/C(C)=C(/C)O. The van der Waals surface area contributed by atoms with Gasteiger partial charge in [0.2, 0.25) is 0 Å². The normalized spacial score (nSPS) is 12.8. The van der Waals surface area contributed by atoms with Gasteiger partial charge in [-0.15, -0.1) is 0 Å². The lowest BCUT2D eigenvalue weighted by Gasteiger charge is -1.96. The van der Waals surface area contributed by atoms with E-state index >= 15 is 0 Å². The highest BCUT2D eigenvalue weighted by atomic mass is 16.3. The topological polar surface area (TPSA) is 40.5 Å². The van der Waals surface area contributed by atoms with E-state index in [1.165, 1.54) is 6.92 Å². The number of allylic oxidation sites excluding steroid dienone is 2. The van der Waals surface area contributed by atoms with Crippen molar-refractivity contribution in [3.05, 3.63) is 23.7 Å². The number of hydrogen-bond acceptors (Lipinski definition) is 2. The summed E-state index contributed by atoms with van der Waals surface area (Å²) in [5, 5.41) is 17.2. The summed E-state index contributed by atoms with van der Waals surface area (Å²) >= 11 is 0. The van der Waals surface area contributed by atoms with E-state index in [2.05, 4.69) is 6.58 Å². The van der Waals surface area contributed by atoms with Gasteiger partial charge in [0, 0.05) is 5.57 Å². The van der Waals surface area contributed by atoms with Gasteiger partial charge in [0.25, 0.3) is 0 Å². The Morgan fingerprint density at radius 3 is 1.62 bits per heavy atom. The summed E-state index contributed by atoms with van der Waals surface area (Å²) in [5.41, 5.74) is 0.435. The van der Waals surface area contributed by atoms with Crippen LogP contribution in [0.25, 0.3) is 0 Å². The molecular formula is C6H10O2. The van der Waals surface area contributed by atoms with Gasteiger partial charge in [0.15, 0.2) is 0 Å². The fourth-order valence-corrected chi connectivity index (χ4v) is 0.209. The van der Waals surface area contributed by atoms with Crippen LogP contribution in [0, 0.1) is 0 Å². The highest BCUT2D eigenvalue weighted by Gasteiger charge is 1.94. The van der Waals surface area contributed by atoms with Gasteiger partial charge in [0.05, 0.1) is 5.76 Å². The molecule has 8 heavy (non-hydrogen) atoms. The fourth-order valence-electron chi connectivity index (χ4n) is 0.209. The zero-order valence-electron chi connectivity index (χ0n) is 5.10. The predicted octanol–water partition coefficient (Wildman–Crippen LogP) is 1.91. The Morgan fingerprint density at radius 1 is 1.25 bits per heavy atom. The van der Waals surface area contributed by atoms with Crippen LogP contribution >= 0.6 is 0 Å². The first-order chi connectivity index (χ1) is 3.55. The summed E-state index contributed by atoms with van der Waals surface area (Å²) in [5.74, 6) is 0.0301. The highest BCUT2D eigenvalue weighted by Crippen LogP contribution is 2.05. The molecule has 2 heteroatoms. The van der Waals surface area contributed by atoms with Crippen molar-refractivity contribution < 1.29 is 10.2 Å². The van der Waals surface area contributed by atoms with Gasteiger partial charge < -0.3 is 10.2 Å². The zero-order valence-corrected chi connectivity index (χ0v) is 5.10. The van der Waals surface area contributed by atoms with E-state index in [1.807, 2.05) is 0 Å². The van der Waals surface area contributed by atoms with Crippen LogP contribution in [-0.4, -0.2) is 10.2 Å². The number of aliphatic hydroxyl groups excluding tert-OH is 2. The summed E-state index contributed by atoms with van der Waals surface area (Å²) in [6, 6.07) is 0. The first-order valence-electron chi connectivity index (χ1n) is 2.30. The van der Waals surface area contributed by atoms with Crippen molar-refractivity contribution in [2.24, 2.45) is 0 Å². The van der Waals surface area contributed by atoms with Crippen LogP contribution in [0.4, 0.5) is 0 Å². The minimum atomic E-state index is -0.0787. The lowest BCUT2D eigenvalue weighted by atomic mass is 10.2. The second-order valence-electron chi connectivity index (χ2n) is 1.66. The number of aliphatic hydroxyl groups is 2. The minimum absolute atomic E-state index is 0.0787. The zero-order chi connectivity index (χ0) is 6.73. The third-order valence-electron chi connectivity index (χ3n) is 0.976. The second-order valence-corrected chi connectivity index (χ2v) is 1.66. The van der Waals surface area contributed by atoms with Crippen LogP contribution in [0.15, 0.2) is 23.7 Å². The molecule has 0 aromatic heterocycles. The van der Waals surface area contributed by atoms with E-state index in [0.717, 1.165) is 0 Å². The lowest BCUT2D eigenvalue weighted by Crippen LogP contribution is -1.84. The molecule has 0 unspecified atom stereocenters. The Morgan fingerprint density at radius 2 is 1.62 bits per heavy atom. The molecule has 0 saturated carbocycles. The third-order valence-corrected chi connectivity index (χ3v) is 0.976. The van der Waals surface area contributed by atoms with E-state index in [-0.39, 0.29) is 11.5 Å². The van der Waals surface area contributed by atoms with Crippen molar-refractivity contribution in [3.8, 4) is 0 Å². The van der Waals surface area contributed by atoms with Gasteiger partial charge in [-0.25, -0.2) is 0 Å². The average Bonchev–Trinajstić information content (AvgIpc) is 1.64. The molecule has 0 aliphatic carbocycles. The average molecular weight is 114 g/mol. The molecule has 0 atom stereocenters. The van der Waals surface area contributed by atoms with Gasteiger partial charge in [-0.05, 0) is 13.8 Å². The van der Waals surface area contributed by atoms with Crippen molar-refractivity contribution in [3.63, 3.8) is 0 Å². The molecule has 0 aromatic carbocycles. The van der Waals surface area contributed by atoms with Crippen molar-refractivity contribution in [1.29, 1.82) is 0 Å². The van der Waals surface area contributed by atoms with Gasteiger partial charge in [-0.3, -0.25) is 0 Å². The summed E-state index contributed by atoms with van der Waals surface area (Å²) in [6.07, 6.45) is 0. The monoisotopic (exact) mass is 114 g/mol. The molecule has 0 aliphatic rings. The quantitative estimate of drug-likeness (QED) is 0.404. The van der Waals surface area contributed by atoms with E-state index < -0.39 is 0 Å². The Hall–Kier alpha value is -0.920. The Labute approximate surface area is 48.8 Å². The molecule has 0 rings (SSSR count). The molecular weight excluding hydrogens is 104 g/mol. The van der Waals surface area contributed by atoms with E-state index in [0.29, 0.717) is 5.57 Å². The minimum Gasteiger partial charge on any atom is -0.512 e. The van der Waals surface area contributed by atoms with Gasteiger partial charge in [-0.1, -0.05) is 6.58 Å². The standard InChI is InChI=1S/C6H10O2/c1-4(5(2)7)6(3)8/h7-8H,2H2,1,3H3/b6-4-. The van der Waals surface area contributed by atoms with Gasteiger partial charge in [0.1, 0.15) is 5.76 Å². The molecule has 0 spiro atoms. The largest absolute Gasteiger partial charge is 0.512 e. The Kier molecular flexibility index (Phi) is 2.13. The fraction of sp³-hybridized carbons (Fsp3) is 0.333. The summed E-state index contributed by atoms with van der Waals surface area (Å²) in [4.78, 5) is 0. The Balaban J connectivity index is 4.23. The first-order valence-corrected chi connectivity index (χ1v) is 2.30. The van der Waals surface area contributed by atoms with Crippen molar-refractivity contribution in [2.75, 3.05) is 0 Å². The maximum atomic E-state index is 8.65. The van der Waals surface area contributed by atoms with E-state index in [4.69, 9.17) is 10.2 Å². The van der Waals surface area contributed by atoms with Crippen LogP contribution in [0.5, 0.6) is 0 Å². The molecule has 0 aliphatic heterocycles. The number of rotatable bonds is 1. The van der Waals surface area contributed by atoms with Crippen LogP contribution < -0.4 is 0 Å². The molecule has 0 aromatic rings. The molecule has 0 amide bonds.